The van der Waals surface area contributed by atoms with Crippen LogP contribution in [0.5, 0.6) is 0 Å². The number of hydrogen-bond donors (Lipinski definition) is 3. The molecule has 1 aliphatic rings. The van der Waals surface area contributed by atoms with Gasteiger partial charge in [-0.05, 0) is 6.92 Å². The van der Waals surface area contributed by atoms with Crippen molar-refractivity contribution in [2.75, 3.05) is 12.3 Å². The first kappa shape index (κ1) is 13.2. The number of halogens is 1. The Kier molecular flexibility index (Phi) is 3.04. The smallest absolute Gasteiger partial charge is 0.173 e. The molecule has 1 aliphatic heterocycles. The molecular weight excluding hydrogens is 269 g/mol. The first-order chi connectivity index (χ1) is 9.52. The summed E-state index contributed by atoms with van der Waals surface area (Å²) in [6.45, 7) is 1.18. The van der Waals surface area contributed by atoms with Crippen LogP contribution in [0.25, 0.3) is 11.2 Å². The molecule has 0 amide bonds. The number of anilines is 1. The van der Waals surface area contributed by atoms with Crippen LogP contribution in [0.1, 0.15) is 12.1 Å². The number of nitrogens with two attached hydrogens (primary N) is 1. The average Bonchev–Trinajstić information content (AvgIpc) is 2.93. The molecule has 1 saturated heterocycles. The molecule has 20 heavy (non-hydrogen) atoms. The van der Waals surface area contributed by atoms with Gasteiger partial charge in [0.15, 0.2) is 23.9 Å². The van der Waals surface area contributed by atoms with Gasteiger partial charge in [0.05, 0.1) is 12.9 Å². The molecule has 0 saturated carbocycles. The Morgan fingerprint density at radius 2 is 2.25 bits per heavy atom. The van der Waals surface area contributed by atoms with Crippen LogP contribution < -0.4 is 5.73 Å². The highest BCUT2D eigenvalue weighted by Gasteiger charge is 2.45. The number of aromatic nitrogens is 4. The molecule has 1 fully saturated rings. The maximum absolute atomic E-state index is 14.1. The topological polar surface area (TPSA) is 119 Å². The van der Waals surface area contributed by atoms with Crippen LogP contribution in [-0.2, 0) is 4.74 Å². The lowest BCUT2D eigenvalue weighted by Crippen LogP contribution is -2.30. The summed E-state index contributed by atoms with van der Waals surface area (Å²) < 4.78 is 20.8. The Labute approximate surface area is 113 Å². The Morgan fingerprint density at radius 1 is 1.50 bits per heavy atom. The SMILES string of the molecule is Cc1nc(N)c2ncn(C3OC(CO)[C@@H](O)C3F)c2n1. The minimum absolute atomic E-state index is 0.193. The minimum Gasteiger partial charge on any atom is -0.394 e. The number of nitrogens with zero attached hydrogens (tertiary/aromatic N) is 4. The predicted molar refractivity (Wildman–Crippen MR) is 66.4 cm³/mol. The van der Waals surface area contributed by atoms with Gasteiger partial charge < -0.3 is 20.7 Å². The van der Waals surface area contributed by atoms with E-state index in [4.69, 9.17) is 15.6 Å². The van der Waals surface area contributed by atoms with Crippen molar-refractivity contribution in [2.24, 2.45) is 0 Å². The van der Waals surface area contributed by atoms with Gasteiger partial charge in [-0.25, -0.2) is 19.3 Å². The molecule has 108 valence electrons. The molecular formula is C11H14FN5O3. The number of aliphatic hydroxyl groups excluding tert-OH is 2. The average molecular weight is 283 g/mol. The van der Waals surface area contributed by atoms with Crippen molar-refractivity contribution in [3.8, 4) is 0 Å². The van der Waals surface area contributed by atoms with Crippen molar-refractivity contribution in [3.05, 3.63) is 12.2 Å². The van der Waals surface area contributed by atoms with E-state index in [0.29, 0.717) is 17.0 Å². The lowest BCUT2D eigenvalue weighted by Gasteiger charge is -2.15. The summed E-state index contributed by atoms with van der Waals surface area (Å²) in [7, 11) is 0. The standard InChI is InChI=1S/C11H14FN5O3/c1-4-15-9(13)7-10(16-4)17(3-14-7)11-6(12)8(19)5(2-18)20-11/h3,5-6,8,11,18-19H,2H2,1H3,(H2,13,15,16)/t5?,6?,8-,11?/m1/s1. The molecule has 4 N–H and O–H groups in total. The third kappa shape index (κ3) is 1.82. The fourth-order valence-electron chi connectivity index (χ4n) is 2.32. The van der Waals surface area contributed by atoms with Crippen LogP contribution in [0.4, 0.5) is 10.2 Å². The highest BCUT2D eigenvalue weighted by Crippen LogP contribution is 2.33. The van der Waals surface area contributed by atoms with Crippen LogP contribution in [-0.4, -0.2) is 54.7 Å². The summed E-state index contributed by atoms with van der Waals surface area (Å²) in [6.07, 6.45) is -3.85. The molecule has 2 aromatic heterocycles. The number of aryl methyl sites for hydroxylation is 1. The molecule has 2 aromatic rings. The third-order valence-electron chi connectivity index (χ3n) is 3.31. The van der Waals surface area contributed by atoms with E-state index < -0.39 is 31.2 Å². The van der Waals surface area contributed by atoms with Gasteiger partial charge in [-0.15, -0.1) is 0 Å². The fraction of sp³-hybridized carbons (Fsp3) is 0.545. The van der Waals surface area contributed by atoms with Gasteiger partial charge in [0.25, 0.3) is 0 Å². The van der Waals surface area contributed by atoms with Crippen molar-refractivity contribution < 1.29 is 19.3 Å². The molecule has 0 aliphatic carbocycles. The second-order valence-corrected chi connectivity index (χ2v) is 4.66. The van der Waals surface area contributed by atoms with Crippen LogP contribution in [0.3, 0.4) is 0 Å². The van der Waals surface area contributed by atoms with Gasteiger partial charge in [0.1, 0.15) is 23.5 Å². The lowest BCUT2D eigenvalue weighted by molar-refractivity contribution is -0.0459. The number of aliphatic hydroxyl groups is 2. The van der Waals surface area contributed by atoms with Crippen molar-refractivity contribution in [1.29, 1.82) is 0 Å². The molecule has 0 spiro atoms. The number of rotatable bonds is 2. The van der Waals surface area contributed by atoms with E-state index in [1.54, 1.807) is 6.92 Å². The Balaban J connectivity index is 2.07. The van der Waals surface area contributed by atoms with E-state index in [1.807, 2.05) is 0 Å². The fourth-order valence-corrected chi connectivity index (χ4v) is 2.32. The third-order valence-corrected chi connectivity index (χ3v) is 3.31. The first-order valence-electron chi connectivity index (χ1n) is 6.08. The minimum atomic E-state index is -1.69. The summed E-state index contributed by atoms with van der Waals surface area (Å²) in [5, 5.41) is 18.7. The molecule has 3 rings (SSSR count). The zero-order chi connectivity index (χ0) is 14.4. The van der Waals surface area contributed by atoms with Crippen LogP contribution in [0.15, 0.2) is 6.33 Å². The van der Waals surface area contributed by atoms with E-state index in [1.165, 1.54) is 10.9 Å². The highest BCUT2D eigenvalue weighted by atomic mass is 19.1. The molecule has 3 unspecified atom stereocenters. The second kappa shape index (κ2) is 4.62. The normalized spacial score (nSPS) is 30.2. The van der Waals surface area contributed by atoms with Gasteiger partial charge in [-0.1, -0.05) is 0 Å². The van der Waals surface area contributed by atoms with Gasteiger partial charge >= 0.3 is 0 Å². The summed E-state index contributed by atoms with van der Waals surface area (Å²) in [5.41, 5.74) is 6.40. The Morgan fingerprint density at radius 3 is 2.90 bits per heavy atom. The monoisotopic (exact) mass is 283 g/mol. The number of hydrogen-bond acceptors (Lipinski definition) is 7. The molecule has 0 aromatic carbocycles. The summed E-state index contributed by atoms with van der Waals surface area (Å²) >= 11 is 0. The van der Waals surface area contributed by atoms with E-state index in [0.717, 1.165) is 0 Å². The maximum Gasteiger partial charge on any atom is 0.173 e. The Hall–Kier alpha value is -1.84. The van der Waals surface area contributed by atoms with E-state index in [9.17, 15) is 9.50 Å². The number of ether oxygens (including phenoxy) is 1. The number of nitrogen functional groups attached to an aromatic ring is 1. The van der Waals surface area contributed by atoms with Gasteiger partial charge in [0.2, 0.25) is 0 Å². The quantitative estimate of drug-likeness (QED) is 0.667. The van der Waals surface area contributed by atoms with E-state index in [2.05, 4.69) is 15.0 Å². The van der Waals surface area contributed by atoms with Gasteiger partial charge in [0, 0.05) is 0 Å². The van der Waals surface area contributed by atoms with Crippen LogP contribution >= 0.6 is 0 Å². The van der Waals surface area contributed by atoms with Crippen molar-refractivity contribution >= 4 is 17.0 Å². The molecule has 4 atom stereocenters. The van der Waals surface area contributed by atoms with Crippen molar-refractivity contribution in [1.82, 2.24) is 19.5 Å². The number of alkyl halides is 1. The second-order valence-electron chi connectivity index (χ2n) is 4.66. The van der Waals surface area contributed by atoms with Crippen molar-refractivity contribution in [3.63, 3.8) is 0 Å². The van der Waals surface area contributed by atoms with Crippen LogP contribution in [0, 0.1) is 6.92 Å². The molecule has 8 nitrogen and oxygen atoms in total. The zero-order valence-electron chi connectivity index (χ0n) is 10.6. The lowest BCUT2D eigenvalue weighted by atomic mass is 10.1. The summed E-state index contributed by atoms with van der Waals surface area (Å²) in [5.74, 6) is 0.614. The number of imidazole rings is 1. The molecule has 0 radical (unpaired) electrons. The van der Waals surface area contributed by atoms with Gasteiger partial charge in [-0.2, -0.15) is 0 Å². The van der Waals surface area contributed by atoms with Crippen LogP contribution in [0.2, 0.25) is 0 Å². The zero-order valence-corrected chi connectivity index (χ0v) is 10.6. The Bertz CT molecular complexity index is 648. The largest absolute Gasteiger partial charge is 0.394 e. The summed E-state index contributed by atoms with van der Waals surface area (Å²) in [4.78, 5) is 12.2. The number of fused-ring (bicyclic) bond motifs is 1. The van der Waals surface area contributed by atoms with E-state index in [-0.39, 0.29) is 5.82 Å². The molecule has 9 heteroatoms. The van der Waals surface area contributed by atoms with Crippen molar-refractivity contribution in [2.45, 2.75) is 31.5 Å². The summed E-state index contributed by atoms with van der Waals surface area (Å²) in [6, 6.07) is 0. The predicted octanol–water partition coefficient (Wildman–Crippen LogP) is -0.694. The highest BCUT2D eigenvalue weighted by molar-refractivity contribution is 5.81. The molecule has 0 bridgehead atoms. The molecule has 3 heterocycles. The van der Waals surface area contributed by atoms with Gasteiger partial charge in [-0.3, -0.25) is 4.57 Å². The van der Waals surface area contributed by atoms with E-state index >= 15 is 0 Å². The maximum atomic E-state index is 14.1. The first-order valence-corrected chi connectivity index (χ1v) is 6.08.